The molecule has 1 fully saturated rings. The van der Waals surface area contributed by atoms with Gasteiger partial charge in [-0.05, 0) is 12.8 Å². The molecule has 114 valence electrons. The second-order valence-electron chi connectivity index (χ2n) is 5.35. The van der Waals surface area contributed by atoms with E-state index in [1.165, 1.54) is 6.92 Å². The molecule has 7 heteroatoms. The van der Waals surface area contributed by atoms with E-state index >= 15 is 0 Å². The zero-order valence-electron chi connectivity index (χ0n) is 11.8. The van der Waals surface area contributed by atoms with E-state index in [0.29, 0.717) is 6.07 Å². The number of anilines is 1. The van der Waals surface area contributed by atoms with Crippen molar-refractivity contribution < 1.29 is 22.8 Å². The van der Waals surface area contributed by atoms with Gasteiger partial charge in [-0.3, -0.25) is 14.5 Å². The molecule has 0 saturated carbocycles. The Morgan fingerprint density at radius 2 is 1.81 bits per heavy atom. The van der Waals surface area contributed by atoms with Gasteiger partial charge >= 0.3 is 0 Å². The number of piperazine rings is 1. The molecular weight excluding hydrogens is 285 g/mol. The molecule has 0 spiro atoms. The van der Waals surface area contributed by atoms with Crippen molar-refractivity contribution in [2.75, 3.05) is 4.90 Å². The molecule has 21 heavy (non-hydrogen) atoms. The summed E-state index contributed by atoms with van der Waals surface area (Å²) >= 11 is 0. The molecule has 0 bridgehead atoms. The number of benzene rings is 1. The summed E-state index contributed by atoms with van der Waals surface area (Å²) in [6.45, 7) is 4.75. The number of nitrogens with zero attached hydrogens (tertiary/aromatic N) is 1. The Bertz CT molecular complexity index is 604. The van der Waals surface area contributed by atoms with Crippen LogP contribution in [0.2, 0.25) is 0 Å². The highest BCUT2D eigenvalue weighted by Crippen LogP contribution is 2.30. The van der Waals surface area contributed by atoms with Gasteiger partial charge in [-0.1, -0.05) is 13.8 Å². The minimum absolute atomic E-state index is 0.354. The van der Waals surface area contributed by atoms with Crippen LogP contribution in [0.1, 0.15) is 20.8 Å². The van der Waals surface area contributed by atoms with E-state index in [1.807, 2.05) is 0 Å². The predicted molar refractivity (Wildman–Crippen MR) is 70.0 cm³/mol. The lowest BCUT2D eigenvalue weighted by atomic mass is 9.96. The number of rotatable bonds is 2. The van der Waals surface area contributed by atoms with Crippen molar-refractivity contribution in [2.45, 2.75) is 32.9 Å². The molecule has 2 unspecified atom stereocenters. The monoisotopic (exact) mass is 300 g/mol. The van der Waals surface area contributed by atoms with E-state index in [1.54, 1.807) is 13.8 Å². The first kappa shape index (κ1) is 15.3. The second kappa shape index (κ2) is 5.38. The van der Waals surface area contributed by atoms with Gasteiger partial charge in [0.25, 0.3) is 0 Å². The van der Waals surface area contributed by atoms with Gasteiger partial charge in [0, 0.05) is 12.1 Å². The van der Waals surface area contributed by atoms with E-state index in [4.69, 9.17) is 0 Å². The highest BCUT2D eigenvalue weighted by atomic mass is 19.2. The van der Waals surface area contributed by atoms with Crippen molar-refractivity contribution in [1.82, 2.24) is 5.32 Å². The number of halogens is 3. The van der Waals surface area contributed by atoms with Crippen LogP contribution < -0.4 is 10.2 Å². The largest absolute Gasteiger partial charge is 0.343 e. The molecule has 0 radical (unpaired) electrons. The van der Waals surface area contributed by atoms with Crippen LogP contribution in [0.4, 0.5) is 18.9 Å². The molecule has 2 rings (SSSR count). The van der Waals surface area contributed by atoms with Gasteiger partial charge in [-0.15, -0.1) is 0 Å². The Kier molecular flexibility index (Phi) is 3.93. The molecule has 1 saturated heterocycles. The maximum absolute atomic E-state index is 14.0. The SMILES string of the molecule is CC1NC(=O)C(C(C)C)N(c2cc(F)cc(F)c2F)C1=O. The maximum atomic E-state index is 14.0. The van der Waals surface area contributed by atoms with Gasteiger partial charge in [0.05, 0.1) is 5.69 Å². The van der Waals surface area contributed by atoms with E-state index < -0.39 is 47.0 Å². The average molecular weight is 300 g/mol. The van der Waals surface area contributed by atoms with Crippen LogP contribution in [-0.4, -0.2) is 23.9 Å². The van der Waals surface area contributed by atoms with Crippen molar-refractivity contribution in [2.24, 2.45) is 5.92 Å². The Morgan fingerprint density at radius 1 is 1.19 bits per heavy atom. The molecule has 1 aliphatic heterocycles. The van der Waals surface area contributed by atoms with Gasteiger partial charge in [0.1, 0.15) is 17.9 Å². The lowest BCUT2D eigenvalue weighted by Crippen LogP contribution is -2.64. The van der Waals surface area contributed by atoms with Crippen molar-refractivity contribution in [3.63, 3.8) is 0 Å². The Labute approximate surface area is 119 Å². The molecule has 0 aromatic heterocycles. The number of amides is 2. The minimum Gasteiger partial charge on any atom is -0.343 e. The van der Waals surface area contributed by atoms with E-state index in [-0.39, 0.29) is 5.92 Å². The first-order chi connectivity index (χ1) is 9.73. The van der Waals surface area contributed by atoms with E-state index in [0.717, 1.165) is 11.0 Å². The summed E-state index contributed by atoms with van der Waals surface area (Å²) < 4.78 is 40.7. The van der Waals surface area contributed by atoms with Crippen LogP contribution in [0.15, 0.2) is 12.1 Å². The molecular formula is C14H15F3N2O2. The molecule has 2 amide bonds. The molecule has 1 heterocycles. The third kappa shape index (κ3) is 2.59. The van der Waals surface area contributed by atoms with Crippen LogP contribution in [-0.2, 0) is 9.59 Å². The zero-order chi connectivity index (χ0) is 15.9. The Morgan fingerprint density at radius 3 is 2.38 bits per heavy atom. The summed E-state index contributed by atoms with van der Waals surface area (Å²) in [6, 6.07) is -0.805. The minimum atomic E-state index is -1.40. The summed E-state index contributed by atoms with van der Waals surface area (Å²) in [5.74, 6) is -5.22. The average Bonchev–Trinajstić information content (AvgIpc) is 2.37. The van der Waals surface area contributed by atoms with Crippen LogP contribution in [0.25, 0.3) is 0 Å². The summed E-state index contributed by atoms with van der Waals surface area (Å²) in [5, 5.41) is 2.47. The van der Waals surface area contributed by atoms with Gasteiger partial charge in [0.15, 0.2) is 11.6 Å². The highest BCUT2D eigenvalue weighted by molar-refractivity contribution is 6.08. The van der Waals surface area contributed by atoms with Crippen LogP contribution in [0.5, 0.6) is 0 Å². The number of carbonyl (C=O) groups excluding carboxylic acids is 2. The van der Waals surface area contributed by atoms with Crippen molar-refractivity contribution in [1.29, 1.82) is 0 Å². The number of hydrogen-bond donors (Lipinski definition) is 1. The summed E-state index contributed by atoms with van der Waals surface area (Å²) in [7, 11) is 0. The molecule has 1 aromatic carbocycles. The van der Waals surface area contributed by atoms with Gasteiger partial charge in [0.2, 0.25) is 11.8 Å². The van der Waals surface area contributed by atoms with Crippen molar-refractivity contribution >= 4 is 17.5 Å². The Balaban J connectivity index is 2.61. The fourth-order valence-corrected chi connectivity index (χ4v) is 2.41. The number of nitrogens with one attached hydrogen (secondary N) is 1. The van der Waals surface area contributed by atoms with Gasteiger partial charge in [-0.2, -0.15) is 0 Å². The first-order valence-electron chi connectivity index (χ1n) is 6.52. The molecule has 2 atom stereocenters. The molecule has 1 aromatic rings. The lowest BCUT2D eigenvalue weighted by Gasteiger charge is -2.39. The zero-order valence-corrected chi connectivity index (χ0v) is 11.8. The predicted octanol–water partition coefficient (Wildman–Crippen LogP) is 1.98. The quantitative estimate of drug-likeness (QED) is 0.849. The molecule has 1 aliphatic rings. The first-order valence-corrected chi connectivity index (χ1v) is 6.52. The third-order valence-electron chi connectivity index (χ3n) is 3.38. The number of hydrogen-bond acceptors (Lipinski definition) is 2. The summed E-state index contributed by atoms with van der Waals surface area (Å²) in [5.41, 5.74) is -0.557. The number of carbonyl (C=O) groups is 2. The fourth-order valence-electron chi connectivity index (χ4n) is 2.41. The normalized spacial score (nSPS) is 22.7. The van der Waals surface area contributed by atoms with E-state index in [9.17, 15) is 22.8 Å². The van der Waals surface area contributed by atoms with Crippen molar-refractivity contribution in [3.05, 3.63) is 29.6 Å². The fraction of sp³-hybridized carbons (Fsp3) is 0.429. The van der Waals surface area contributed by atoms with Crippen LogP contribution in [0, 0.1) is 23.4 Å². The lowest BCUT2D eigenvalue weighted by molar-refractivity contribution is -0.134. The third-order valence-corrected chi connectivity index (χ3v) is 3.38. The smallest absolute Gasteiger partial charge is 0.250 e. The van der Waals surface area contributed by atoms with Crippen LogP contribution in [0.3, 0.4) is 0 Å². The second-order valence-corrected chi connectivity index (χ2v) is 5.35. The Hall–Kier alpha value is -2.05. The van der Waals surface area contributed by atoms with E-state index in [2.05, 4.69) is 5.32 Å². The maximum Gasteiger partial charge on any atom is 0.250 e. The standard InChI is InChI=1S/C14H15F3N2O2/c1-6(2)12-13(20)18-7(3)14(21)19(12)10-5-8(15)4-9(16)11(10)17/h4-7,12H,1-3H3,(H,18,20). The van der Waals surface area contributed by atoms with Gasteiger partial charge in [-0.25, -0.2) is 13.2 Å². The molecule has 1 N–H and O–H groups in total. The molecule has 4 nitrogen and oxygen atoms in total. The van der Waals surface area contributed by atoms with Crippen molar-refractivity contribution in [3.8, 4) is 0 Å². The summed E-state index contributed by atoms with van der Waals surface area (Å²) in [6.07, 6.45) is 0. The van der Waals surface area contributed by atoms with Crippen LogP contribution >= 0.6 is 0 Å². The highest BCUT2D eigenvalue weighted by Gasteiger charge is 2.42. The summed E-state index contributed by atoms with van der Waals surface area (Å²) in [4.78, 5) is 25.1. The van der Waals surface area contributed by atoms with Gasteiger partial charge < -0.3 is 5.32 Å². The topological polar surface area (TPSA) is 49.4 Å². The molecule has 0 aliphatic carbocycles.